The van der Waals surface area contributed by atoms with Crippen LogP contribution < -0.4 is 9.64 Å². The number of benzene rings is 3. The molecule has 0 bridgehead atoms. The number of rotatable bonds is 7. The number of hydrogen-bond acceptors (Lipinski definition) is 6. The first-order chi connectivity index (χ1) is 16.3. The second kappa shape index (κ2) is 10.0. The molecule has 1 saturated heterocycles. The lowest BCUT2D eigenvalue weighted by Crippen LogP contribution is -2.27. The smallest absolute Gasteiger partial charge is 0.335 e. The van der Waals surface area contributed by atoms with E-state index in [1.165, 1.54) is 35.7 Å². The number of ether oxygens (including phenoxy) is 1. The van der Waals surface area contributed by atoms with E-state index in [2.05, 4.69) is 0 Å². The summed E-state index contributed by atoms with van der Waals surface area (Å²) in [5.41, 5.74) is 3.10. The molecule has 4 rings (SSSR count). The molecule has 8 heteroatoms. The van der Waals surface area contributed by atoms with E-state index < -0.39 is 5.97 Å². The number of carboxylic acids is 1. The van der Waals surface area contributed by atoms with E-state index in [0.717, 1.165) is 11.1 Å². The van der Waals surface area contributed by atoms with Gasteiger partial charge in [0.2, 0.25) is 0 Å². The molecule has 1 aliphatic heterocycles. The Balaban J connectivity index is 1.41. The molecule has 1 fully saturated rings. The van der Waals surface area contributed by atoms with Crippen molar-refractivity contribution in [2.45, 2.75) is 13.5 Å². The van der Waals surface area contributed by atoms with Gasteiger partial charge in [-0.3, -0.25) is 14.5 Å². The number of Topliss-reactive ketones (excluding diaryl/α,β-unsaturated/α-hetero) is 1. The van der Waals surface area contributed by atoms with Crippen molar-refractivity contribution >= 4 is 57.7 Å². The van der Waals surface area contributed by atoms with Crippen LogP contribution in [0.15, 0.2) is 77.7 Å². The maximum atomic E-state index is 13.0. The van der Waals surface area contributed by atoms with E-state index in [0.29, 0.717) is 32.8 Å². The molecule has 1 heterocycles. The van der Waals surface area contributed by atoms with E-state index in [4.69, 9.17) is 22.1 Å². The van der Waals surface area contributed by atoms with E-state index in [1.807, 2.05) is 12.1 Å². The van der Waals surface area contributed by atoms with Gasteiger partial charge in [0.25, 0.3) is 5.91 Å². The molecule has 0 aliphatic carbocycles. The molecule has 0 unspecified atom stereocenters. The van der Waals surface area contributed by atoms with Crippen LogP contribution in [-0.4, -0.2) is 27.1 Å². The Morgan fingerprint density at radius 1 is 0.971 bits per heavy atom. The average molecular weight is 490 g/mol. The van der Waals surface area contributed by atoms with Gasteiger partial charge in [-0.05, 0) is 72.7 Å². The summed E-state index contributed by atoms with van der Waals surface area (Å²) in [6.07, 6.45) is 1.78. The zero-order valence-electron chi connectivity index (χ0n) is 18.1. The van der Waals surface area contributed by atoms with Crippen LogP contribution in [0.5, 0.6) is 5.75 Å². The summed E-state index contributed by atoms with van der Waals surface area (Å²) >= 11 is 6.63. The van der Waals surface area contributed by atoms with E-state index >= 15 is 0 Å². The third-order valence-corrected chi connectivity index (χ3v) is 6.41. The average Bonchev–Trinajstić information content (AvgIpc) is 3.11. The number of anilines is 1. The van der Waals surface area contributed by atoms with Gasteiger partial charge in [-0.2, -0.15) is 0 Å². The molecule has 0 aromatic heterocycles. The van der Waals surface area contributed by atoms with Crippen LogP contribution in [0.25, 0.3) is 6.08 Å². The van der Waals surface area contributed by atoms with Crippen molar-refractivity contribution in [3.63, 3.8) is 0 Å². The van der Waals surface area contributed by atoms with E-state index in [-0.39, 0.29) is 17.3 Å². The number of nitrogens with zero attached hydrogens (tertiary/aromatic N) is 1. The highest BCUT2D eigenvalue weighted by Gasteiger charge is 2.33. The number of carbonyl (C=O) groups is 3. The fourth-order valence-electron chi connectivity index (χ4n) is 3.26. The third-order valence-electron chi connectivity index (χ3n) is 5.11. The minimum Gasteiger partial charge on any atom is -0.489 e. The van der Waals surface area contributed by atoms with Crippen LogP contribution >= 0.6 is 24.0 Å². The van der Waals surface area contributed by atoms with Gasteiger partial charge in [-0.1, -0.05) is 48.2 Å². The number of aromatic carboxylic acids is 1. The SMILES string of the molecule is CC(=O)c1ccc(N2C(=O)/C(=C/c3ccc(OCc4ccc(C(=O)O)cc4)cc3)SC2=S)cc1. The Hall–Kier alpha value is -3.75. The Kier molecular flexibility index (Phi) is 6.90. The molecule has 0 radical (unpaired) electrons. The zero-order valence-corrected chi connectivity index (χ0v) is 19.7. The van der Waals surface area contributed by atoms with Crippen LogP contribution in [0.2, 0.25) is 0 Å². The van der Waals surface area contributed by atoms with Gasteiger partial charge in [0.05, 0.1) is 16.2 Å². The number of thioether (sulfide) groups is 1. The van der Waals surface area contributed by atoms with Crippen molar-refractivity contribution in [3.05, 3.63) is 100.0 Å². The van der Waals surface area contributed by atoms with Crippen LogP contribution in [-0.2, 0) is 11.4 Å². The van der Waals surface area contributed by atoms with E-state index in [9.17, 15) is 14.4 Å². The minimum atomic E-state index is -0.967. The van der Waals surface area contributed by atoms with Gasteiger partial charge in [0.1, 0.15) is 12.4 Å². The Labute approximate surface area is 205 Å². The molecule has 170 valence electrons. The van der Waals surface area contributed by atoms with Crippen molar-refractivity contribution in [3.8, 4) is 5.75 Å². The molecule has 1 amide bonds. The highest BCUT2D eigenvalue weighted by Crippen LogP contribution is 2.36. The number of carboxylic acid groups (broad SMARTS) is 1. The van der Waals surface area contributed by atoms with Crippen molar-refractivity contribution in [1.82, 2.24) is 0 Å². The van der Waals surface area contributed by atoms with Gasteiger partial charge in [-0.25, -0.2) is 4.79 Å². The highest BCUT2D eigenvalue weighted by molar-refractivity contribution is 8.27. The summed E-state index contributed by atoms with van der Waals surface area (Å²) in [7, 11) is 0. The second-order valence-electron chi connectivity index (χ2n) is 7.48. The fraction of sp³-hybridized carbons (Fsp3) is 0.0769. The van der Waals surface area contributed by atoms with Crippen molar-refractivity contribution in [2.24, 2.45) is 0 Å². The van der Waals surface area contributed by atoms with Crippen LogP contribution in [0.1, 0.15) is 38.8 Å². The van der Waals surface area contributed by atoms with Gasteiger partial charge >= 0.3 is 5.97 Å². The summed E-state index contributed by atoms with van der Waals surface area (Å²) in [6, 6.07) is 20.6. The molecular formula is C26H19NO5S2. The summed E-state index contributed by atoms with van der Waals surface area (Å²) in [5, 5.41) is 8.96. The molecule has 1 N–H and O–H groups in total. The number of carbonyl (C=O) groups excluding carboxylic acids is 2. The largest absolute Gasteiger partial charge is 0.489 e. The molecule has 6 nitrogen and oxygen atoms in total. The fourth-order valence-corrected chi connectivity index (χ4v) is 4.56. The molecule has 3 aromatic rings. The van der Waals surface area contributed by atoms with Crippen molar-refractivity contribution < 1.29 is 24.2 Å². The molecule has 34 heavy (non-hydrogen) atoms. The summed E-state index contributed by atoms with van der Waals surface area (Å²) < 4.78 is 6.19. The summed E-state index contributed by atoms with van der Waals surface area (Å²) in [5.74, 6) is -0.570. The first-order valence-corrected chi connectivity index (χ1v) is 11.5. The summed E-state index contributed by atoms with van der Waals surface area (Å²) in [4.78, 5) is 37.3. The Bertz CT molecular complexity index is 1300. The van der Waals surface area contributed by atoms with Crippen molar-refractivity contribution in [2.75, 3.05) is 4.90 Å². The van der Waals surface area contributed by atoms with Crippen LogP contribution in [0, 0.1) is 0 Å². The first-order valence-electron chi connectivity index (χ1n) is 10.3. The van der Waals surface area contributed by atoms with Crippen molar-refractivity contribution in [1.29, 1.82) is 0 Å². The maximum absolute atomic E-state index is 13.0. The monoisotopic (exact) mass is 489 g/mol. The minimum absolute atomic E-state index is 0.0413. The zero-order chi connectivity index (χ0) is 24.2. The molecule has 1 aliphatic rings. The lowest BCUT2D eigenvalue weighted by atomic mass is 10.1. The summed E-state index contributed by atoms with van der Waals surface area (Å²) in [6.45, 7) is 1.80. The highest BCUT2D eigenvalue weighted by atomic mass is 32.2. The van der Waals surface area contributed by atoms with Crippen LogP contribution in [0.4, 0.5) is 5.69 Å². The van der Waals surface area contributed by atoms with Gasteiger partial charge in [0.15, 0.2) is 10.1 Å². The van der Waals surface area contributed by atoms with Gasteiger partial charge < -0.3 is 9.84 Å². The molecule has 0 saturated carbocycles. The topological polar surface area (TPSA) is 83.9 Å². The number of ketones is 1. The quantitative estimate of drug-likeness (QED) is 0.264. The molecule has 0 spiro atoms. The predicted octanol–water partition coefficient (Wildman–Crippen LogP) is 5.57. The Morgan fingerprint density at radius 3 is 2.18 bits per heavy atom. The standard InChI is InChI=1S/C26H19NO5S2/c1-16(28)19-8-10-21(11-9-19)27-24(29)23(34-26(27)33)14-17-4-12-22(13-5-17)32-15-18-2-6-20(7-3-18)25(30)31/h2-14H,15H2,1H3,(H,30,31)/b23-14-. The van der Waals surface area contributed by atoms with Gasteiger partial charge in [0, 0.05) is 5.56 Å². The normalized spacial score (nSPS) is 14.5. The third kappa shape index (κ3) is 5.24. The lowest BCUT2D eigenvalue weighted by Gasteiger charge is -2.14. The molecule has 0 atom stereocenters. The lowest BCUT2D eigenvalue weighted by molar-refractivity contribution is -0.113. The first kappa shape index (κ1) is 23.4. The number of hydrogen-bond donors (Lipinski definition) is 1. The Morgan fingerprint density at radius 2 is 1.59 bits per heavy atom. The molecular weight excluding hydrogens is 470 g/mol. The van der Waals surface area contributed by atoms with E-state index in [1.54, 1.807) is 54.6 Å². The number of amides is 1. The molecule has 3 aromatic carbocycles. The second-order valence-corrected chi connectivity index (χ2v) is 9.16. The van der Waals surface area contributed by atoms with Crippen LogP contribution in [0.3, 0.4) is 0 Å². The predicted molar refractivity (Wildman–Crippen MR) is 136 cm³/mol. The maximum Gasteiger partial charge on any atom is 0.335 e. The number of thiocarbonyl (C=S) groups is 1. The van der Waals surface area contributed by atoms with Gasteiger partial charge in [-0.15, -0.1) is 0 Å².